The number of likely N-dealkylation sites (N-methyl/N-ethyl adjacent to an activating group) is 1. The van der Waals surface area contributed by atoms with Crippen molar-refractivity contribution < 1.29 is 9.84 Å². The number of benzene rings is 1. The third kappa shape index (κ3) is 3.02. The fourth-order valence-electron chi connectivity index (χ4n) is 2.44. The zero-order valence-corrected chi connectivity index (χ0v) is 11.9. The number of aliphatic hydroxyl groups is 1. The van der Waals surface area contributed by atoms with Crippen molar-refractivity contribution in [2.45, 2.75) is 26.0 Å². The molecular weight excluding hydrogens is 228 g/mol. The van der Waals surface area contributed by atoms with Crippen LogP contribution < -0.4 is 10.5 Å². The predicted octanol–water partition coefficient (Wildman–Crippen LogP) is 1.23. The monoisotopic (exact) mass is 252 g/mol. The van der Waals surface area contributed by atoms with Crippen molar-refractivity contribution in [3.8, 4) is 5.75 Å². The lowest BCUT2D eigenvalue weighted by molar-refractivity contribution is 0.0807. The Morgan fingerprint density at radius 2 is 1.94 bits per heavy atom. The van der Waals surface area contributed by atoms with Gasteiger partial charge < -0.3 is 15.6 Å². The lowest BCUT2D eigenvalue weighted by atomic mass is 9.95. The first kappa shape index (κ1) is 15.0. The molecule has 102 valence electrons. The quantitative estimate of drug-likeness (QED) is 0.827. The molecule has 18 heavy (non-hydrogen) atoms. The molecule has 2 atom stereocenters. The first-order valence-corrected chi connectivity index (χ1v) is 6.12. The fourth-order valence-corrected chi connectivity index (χ4v) is 2.44. The van der Waals surface area contributed by atoms with Gasteiger partial charge in [0.25, 0.3) is 0 Å². The van der Waals surface area contributed by atoms with Crippen LogP contribution in [-0.2, 0) is 0 Å². The fraction of sp³-hybridized carbons (Fsp3) is 0.571. The summed E-state index contributed by atoms with van der Waals surface area (Å²) in [6.45, 7) is 4.27. The van der Waals surface area contributed by atoms with E-state index in [4.69, 9.17) is 10.5 Å². The van der Waals surface area contributed by atoms with Crippen LogP contribution in [0.4, 0.5) is 0 Å². The molecule has 1 rings (SSSR count). The second kappa shape index (κ2) is 6.18. The molecule has 1 aromatic carbocycles. The average molecular weight is 252 g/mol. The van der Waals surface area contributed by atoms with E-state index in [2.05, 4.69) is 12.1 Å². The topological polar surface area (TPSA) is 58.7 Å². The third-order valence-electron chi connectivity index (χ3n) is 3.13. The molecule has 0 aliphatic heterocycles. The molecule has 1 aromatic rings. The van der Waals surface area contributed by atoms with Crippen molar-refractivity contribution in [3.63, 3.8) is 0 Å². The lowest BCUT2D eigenvalue weighted by Crippen LogP contribution is -2.36. The van der Waals surface area contributed by atoms with Gasteiger partial charge in [-0.1, -0.05) is 17.7 Å². The summed E-state index contributed by atoms with van der Waals surface area (Å²) in [5.74, 6) is 0.826. The second-order valence-corrected chi connectivity index (χ2v) is 4.92. The molecule has 0 heterocycles. The van der Waals surface area contributed by atoms with Gasteiger partial charge in [-0.05, 0) is 33.5 Å². The summed E-state index contributed by atoms with van der Waals surface area (Å²) in [6, 6.07) is 3.96. The minimum Gasteiger partial charge on any atom is -0.496 e. The molecule has 2 unspecified atom stereocenters. The average Bonchev–Trinajstić information content (AvgIpc) is 2.28. The number of ether oxygens (including phenoxy) is 1. The van der Waals surface area contributed by atoms with Crippen LogP contribution >= 0.6 is 0 Å². The molecule has 0 aliphatic rings. The van der Waals surface area contributed by atoms with Crippen molar-refractivity contribution in [1.29, 1.82) is 0 Å². The van der Waals surface area contributed by atoms with Crippen LogP contribution in [0.1, 0.15) is 22.7 Å². The highest BCUT2D eigenvalue weighted by Crippen LogP contribution is 2.34. The summed E-state index contributed by atoms with van der Waals surface area (Å²) in [7, 11) is 5.52. The van der Waals surface area contributed by atoms with Gasteiger partial charge in [0.15, 0.2) is 0 Å². The summed E-state index contributed by atoms with van der Waals surface area (Å²) in [5, 5.41) is 10.1. The molecule has 4 heteroatoms. The molecule has 0 aliphatic carbocycles. The second-order valence-electron chi connectivity index (χ2n) is 4.92. The highest BCUT2D eigenvalue weighted by atomic mass is 16.5. The van der Waals surface area contributed by atoms with Crippen LogP contribution in [0.5, 0.6) is 5.75 Å². The molecule has 0 radical (unpaired) electrons. The van der Waals surface area contributed by atoms with E-state index in [1.807, 2.05) is 32.8 Å². The number of nitrogens with zero attached hydrogens (tertiary/aromatic N) is 1. The van der Waals surface area contributed by atoms with Crippen LogP contribution in [0.25, 0.3) is 0 Å². The highest BCUT2D eigenvalue weighted by molar-refractivity contribution is 5.46. The van der Waals surface area contributed by atoms with Gasteiger partial charge in [0.05, 0.1) is 19.3 Å². The Labute approximate surface area is 109 Å². The smallest absolute Gasteiger partial charge is 0.126 e. The minimum atomic E-state index is -0.616. The molecule has 3 N–H and O–H groups in total. The first-order valence-electron chi connectivity index (χ1n) is 6.12. The van der Waals surface area contributed by atoms with Gasteiger partial charge in [0.1, 0.15) is 5.75 Å². The van der Waals surface area contributed by atoms with E-state index in [-0.39, 0.29) is 12.6 Å². The maximum absolute atomic E-state index is 10.1. The van der Waals surface area contributed by atoms with Crippen molar-refractivity contribution in [2.75, 3.05) is 27.7 Å². The molecule has 0 amide bonds. The van der Waals surface area contributed by atoms with E-state index in [9.17, 15) is 5.11 Å². The lowest BCUT2D eigenvalue weighted by Gasteiger charge is -2.30. The van der Waals surface area contributed by atoms with Gasteiger partial charge in [-0.3, -0.25) is 4.90 Å². The number of aryl methyl sites for hydroxylation is 2. The van der Waals surface area contributed by atoms with Gasteiger partial charge in [0.2, 0.25) is 0 Å². The van der Waals surface area contributed by atoms with Gasteiger partial charge >= 0.3 is 0 Å². The van der Waals surface area contributed by atoms with Crippen molar-refractivity contribution in [3.05, 3.63) is 28.8 Å². The Morgan fingerprint density at radius 1 is 1.33 bits per heavy atom. The van der Waals surface area contributed by atoms with Gasteiger partial charge in [0, 0.05) is 12.1 Å². The Bertz CT molecular complexity index is 405. The molecule has 0 saturated carbocycles. The van der Waals surface area contributed by atoms with Gasteiger partial charge in [-0.2, -0.15) is 0 Å². The molecule has 0 saturated heterocycles. The number of aliphatic hydroxyl groups excluding tert-OH is 1. The zero-order chi connectivity index (χ0) is 13.9. The van der Waals surface area contributed by atoms with E-state index in [1.165, 1.54) is 0 Å². The summed E-state index contributed by atoms with van der Waals surface area (Å²) in [6.07, 6.45) is -0.616. The van der Waals surface area contributed by atoms with E-state index in [0.717, 1.165) is 22.4 Å². The van der Waals surface area contributed by atoms with E-state index < -0.39 is 6.10 Å². The Morgan fingerprint density at radius 3 is 2.39 bits per heavy atom. The van der Waals surface area contributed by atoms with Gasteiger partial charge in [-0.15, -0.1) is 0 Å². The SMILES string of the molecule is COc1c(C)cc(C)cc1C(C(O)CN)N(C)C. The normalized spacial score (nSPS) is 14.7. The van der Waals surface area contributed by atoms with Crippen molar-refractivity contribution >= 4 is 0 Å². The molecule has 0 bridgehead atoms. The number of hydrogen-bond acceptors (Lipinski definition) is 4. The third-order valence-corrected chi connectivity index (χ3v) is 3.13. The van der Waals surface area contributed by atoms with Crippen molar-refractivity contribution in [2.24, 2.45) is 5.73 Å². The number of nitrogens with two attached hydrogens (primary N) is 1. The minimum absolute atomic E-state index is 0.163. The largest absolute Gasteiger partial charge is 0.496 e. The predicted molar refractivity (Wildman–Crippen MR) is 74.0 cm³/mol. The maximum atomic E-state index is 10.1. The number of methoxy groups -OCH3 is 1. The van der Waals surface area contributed by atoms with Crippen LogP contribution in [-0.4, -0.2) is 43.9 Å². The maximum Gasteiger partial charge on any atom is 0.126 e. The van der Waals surface area contributed by atoms with Gasteiger partial charge in [-0.25, -0.2) is 0 Å². The first-order chi connectivity index (χ1) is 8.42. The molecule has 0 aromatic heterocycles. The number of rotatable bonds is 5. The molecule has 0 fully saturated rings. The molecular formula is C14H24N2O2. The van der Waals surface area contributed by atoms with Crippen LogP contribution in [0.15, 0.2) is 12.1 Å². The van der Waals surface area contributed by atoms with Crippen LogP contribution in [0.2, 0.25) is 0 Å². The Kier molecular flexibility index (Phi) is 5.14. The summed E-state index contributed by atoms with van der Waals surface area (Å²) < 4.78 is 5.48. The summed E-state index contributed by atoms with van der Waals surface area (Å²) in [5.41, 5.74) is 8.81. The van der Waals surface area contributed by atoms with E-state index in [0.29, 0.717) is 0 Å². The summed E-state index contributed by atoms with van der Waals surface area (Å²) >= 11 is 0. The van der Waals surface area contributed by atoms with Crippen molar-refractivity contribution in [1.82, 2.24) is 4.90 Å². The van der Waals surface area contributed by atoms with Crippen LogP contribution in [0.3, 0.4) is 0 Å². The molecule has 0 spiro atoms. The zero-order valence-electron chi connectivity index (χ0n) is 11.9. The van der Waals surface area contributed by atoms with Crippen LogP contribution in [0, 0.1) is 13.8 Å². The van der Waals surface area contributed by atoms with E-state index in [1.54, 1.807) is 7.11 Å². The van der Waals surface area contributed by atoms with E-state index >= 15 is 0 Å². The Balaban J connectivity index is 3.35. The molecule has 4 nitrogen and oxygen atoms in total. The standard InChI is InChI=1S/C14H24N2O2/c1-9-6-10(2)14(18-5)11(7-9)13(16(3)4)12(17)8-15/h6-7,12-13,17H,8,15H2,1-5H3. The summed E-state index contributed by atoms with van der Waals surface area (Å²) in [4.78, 5) is 1.97. The number of hydrogen-bond donors (Lipinski definition) is 2. The highest BCUT2D eigenvalue weighted by Gasteiger charge is 2.26. The Hall–Kier alpha value is -1.10.